The number of hydrogen-bond acceptors (Lipinski definition) is 6. The maximum Gasteiger partial charge on any atom is 0.309 e. The topological polar surface area (TPSA) is 86.5 Å². The second-order valence-corrected chi connectivity index (χ2v) is 14.5. The molecule has 5 rings (SSSR count). The molecule has 3 heterocycles. The molecule has 1 N–H and O–H groups in total. The van der Waals surface area contributed by atoms with Gasteiger partial charge in [0.05, 0.1) is 18.2 Å². The van der Waals surface area contributed by atoms with Gasteiger partial charge in [0, 0.05) is 63.2 Å². The van der Waals surface area contributed by atoms with Crippen LogP contribution in [0.4, 0.5) is 4.39 Å². The van der Waals surface area contributed by atoms with Crippen LogP contribution in [0.25, 0.3) is 22.0 Å². The maximum absolute atomic E-state index is 13.7. The van der Waals surface area contributed by atoms with Gasteiger partial charge in [-0.25, -0.2) is 9.37 Å². The maximum atomic E-state index is 13.7. The van der Waals surface area contributed by atoms with Crippen LogP contribution in [0.2, 0.25) is 0 Å². The Bertz CT molecular complexity index is 1810. The van der Waals surface area contributed by atoms with Gasteiger partial charge in [0.2, 0.25) is 5.88 Å². The van der Waals surface area contributed by atoms with E-state index in [-0.39, 0.29) is 17.2 Å². The van der Waals surface area contributed by atoms with Crippen LogP contribution < -0.4 is 9.47 Å². The van der Waals surface area contributed by atoms with E-state index in [1.807, 2.05) is 30.3 Å². The fraction of sp³-hybridized carbons (Fsp3) is 0.306. The van der Waals surface area contributed by atoms with Crippen molar-refractivity contribution >= 4 is 28.6 Å². The largest absolute Gasteiger partial charge is 0.487 e. The van der Waals surface area contributed by atoms with E-state index in [4.69, 9.17) is 9.47 Å². The second kappa shape index (κ2) is 12.9. The number of rotatable bonds is 11. The number of pyridine rings is 2. The quantitative estimate of drug-likeness (QED) is 0.147. The van der Waals surface area contributed by atoms with Crippen molar-refractivity contribution in [1.82, 2.24) is 14.5 Å². The summed E-state index contributed by atoms with van der Waals surface area (Å²) < 4.78 is 27.1. The van der Waals surface area contributed by atoms with Crippen LogP contribution in [0.15, 0.2) is 84.0 Å². The van der Waals surface area contributed by atoms with Crippen molar-refractivity contribution < 1.29 is 23.8 Å². The Morgan fingerprint density at radius 1 is 0.956 bits per heavy atom. The highest BCUT2D eigenvalue weighted by molar-refractivity contribution is 8.00. The number of methoxy groups -OCH3 is 1. The first-order valence-electron chi connectivity index (χ1n) is 14.7. The summed E-state index contributed by atoms with van der Waals surface area (Å²) in [5, 5.41) is 11.1. The Hall–Kier alpha value is -4.37. The molecular weight excluding hydrogens is 589 g/mol. The SMILES string of the molecule is COc1ccc(-c2ccc(Cn3c(CC(C)(C)C(=O)O)c(SC(C)(C)C)c4cc(OCc5cc(F)ccn5)ccc43)cc2)cn1. The molecule has 5 aromatic rings. The van der Waals surface area contributed by atoms with Gasteiger partial charge in [0.25, 0.3) is 0 Å². The molecule has 0 unspecified atom stereocenters. The van der Waals surface area contributed by atoms with Gasteiger partial charge in [-0.1, -0.05) is 45.0 Å². The number of hydrogen-bond donors (Lipinski definition) is 1. The third-order valence-corrected chi connectivity index (χ3v) is 8.70. The first-order chi connectivity index (χ1) is 21.3. The van der Waals surface area contributed by atoms with Crippen LogP contribution in [0.5, 0.6) is 11.6 Å². The van der Waals surface area contributed by atoms with Crippen LogP contribution in [0, 0.1) is 11.2 Å². The summed E-state index contributed by atoms with van der Waals surface area (Å²) in [7, 11) is 1.59. The molecule has 0 radical (unpaired) electrons. The molecule has 0 saturated carbocycles. The Morgan fingerprint density at radius 3 is 2.31 bits per heavy atom. The highest BCUT2D eigenvalue weighted by Gasteiger charge is 2.33. The average Bonchev–Trinajstić information content (AvgIpc) is 3.25. The number of nitrogens with zero attached hydrogens (tertiary/aromatic N) is 3. The third-order valence-electron chi connectivity index (χ3n) is 7.43. The molecule has 2 aromatic carbocycles. The molecule has 0 saturated heterocycles. The summed E-state index contributed by atoms with van der Waals surface area (Å²) in [6.45, 7) is 10.7. The van der Waals surface area contributed by atoms with Crippen LogP contribution in [-0.4, -0.2) is 37.5 Å². The number of carboxylic acids is 1. The Labute approximate surface area is 267 Å². The number of benzene rings is 2. The van der Waals surface area contributed by atoms with Crippen LogP contribution in [0.3, 0.4) is 0 Å². The fourth-order valence-electron chi connectivity index (χ4n) is 5.06. The zero-order valence-corrected chi connectivity index (χ0v) is 27.2. The van der Waals surface area contributed by atoms with E-state index in [1.165, 1.54) is 18.3 Å². The van der Waals surface area contributed by atoms with Gasteiger partial charge in [-0.15, -0.1) is 11.8 Å². The Balaban J connectivity index is 1.57. The second-order valence-electron chi connectivity index (χ2n) is 12.7. The smallest absolute Gasteiger partial charge is 0.309 e. The summed E-state index contributed by atoms with van der Waals surface area (Å²) in [6, 6.07) is 20.7. The van der Waals surface area contributed by atoms with E-state index in [2.05, 4.69) is 59.6 Å². The van der Waals surface area contributed by atoms with Gasteiger partial charge in [-0.2, -0.15) is 0 Å². The van der Waals surface area contributed by atoms with Gasteiger partial charge >= 0.3 is 5.97 Å². The molecule has 0 spiro atoms. The summed E-state index contributed by atoms with van der Waals surface area (Å²) in [4.78, 5) is 21.9. The fourth-order valence-corrected chi connectivity index (χ4v) is 6.24. The van der Waals surface area contributed by atoms with Gasteiger partial charge in [0.1, 0.15) is 18.2 Å². The molecule has 234 valence electrons. The third kappa shape index (κ3) is 7.65. The van der Waals surface area contributed by atoms with Gasteiger partial charge < -0.3 is 19.1 Å². The summed E-state index contributed by atoms with van der Waals surface area (Å²) in [5.41, 5.74) is 4.56. The first kappa shape index (κ1) is 32.0. The minimum absolute atomic E-state index is 0.126. The lowest BCUT2D eigenvalue weighted by atomic mass is 9.88. The molecule has 45 heavy (non-hydrogen) atoms. The molecule has 9 heteroatoms. The van der Waals surface area contributed by atoms with Crippen molar-refractivity contribution in [3.63, 3.8) is 0 Å². The summed E-state index contributed by atoms with van der Waals surface area (Å²) >= 11 is 1.72. The van der Waals surface area contributed by atoms with E-state index in [1.54, 1.807) is 38.9 Å². The minimum Gasteiger partial charge on any atom is -0.487 e. The van der Waals surface area contributed by atoms with Gasteiger partial charge in [-0.3, -0.25) is 9.78 Å². The highest BCUT2D eigenvalue weighted by atomic mass is 32.2. The number of fused-ring (bicyclic) bond motifs is 1. The number of aromatic nitrogens is 3. The van der Waals surface area contributed by atoms with E-state index in [0.717, 1.165) is 38.2 Å². The highest BCUT2D eigenvalue weighted by Crippen LogP contribution is 2.44. The zero-order chi connectivity index (χ0) is 32.4. The van der Waals surface area contributed by atoms with E-state index >= 15 is 0 Å². The van der Waals surface area contributed by atoms with Crippen molar-refractivity contribution in [2.45, 2.75) is 63.8 Å². The number of carboxylic acid groups (broad SMARTS) is 1. The predicted molar refractivity (Wildman–Crippen MR) is 177 cm³/mol. The van der Waals surface area contributed by atoms with Crippen LogP contribution >= 0.6 is 11.8 Å². The average molecular weight is 628 g/mol. The van der Waals surface area contributed by atoms with Crippen molar-refractivity contribution in [3.8, 4) is 22.8 Å². The van der Waals surface area contributed by atoms with Crippen molar-refractivity contribution in [2.75, 3.05) is 7.11 Å². The van der Waals surface area contributed by atoms with E-state index in [9.17, 15) is 14.3 Å². The molecule has 3 aromatic heterocycles. The van der Waals surface area contributed by atoms with Crippen molar-refractivity contribution in [2.24, 2.45) is 5.41 Å². The van der Waals surface area contributed by atoms with E-state index < -0.39 is 11.4 Å². The molecule has 0 aliphatic rings. The van der Waals surface area contributed by atoms with E-state index in [0.29, 0.717) is 30.3 Å². The number of thioether (sulfide) groups is 1. The molecule has 0 aliphatic carbocycles. The van der Waals surface area contributed by atoms with Gasteiger partial charge in [0.15, 0.2) is 0 Å². The lowest BCUT2D eigenvalue weighted by molar-refractivity contribution is -0.146. The number of aliphatic carboxylic acids is 1. The van der Waals surface area contributed by atoms with Crippen molar-refractivity contribution in [1.29, 1.82) is 0 Å². The molecule has 0 amide bonds. The van der Waals surface area contributed by atoms with Crippen LogP contribution in [0.1, 0.15) is 51.6 Å². The standard InChI is InChI=1S/C36H38FN3O4S/c1-35(2,3)45-33-29-18-28(44-22-27-17-26(37)15-16-38-27)12-13-30(29)40(31(33)19-36(4,5)34(41)42)21-23-7-9-24(10-8-23)25-11-14-32(43-6)39-20-25/h7-18,20H,19,21-22H2,1-6H3,(H,41,42). The molecule has 0 aliphatic heterocycles. The lowest BCUT2D eigenvalue weighted by Crippen LogP contribution is -2.28. The first-order valence-corrected chi connectivity index (χ1v) is 15.5. The van der Waals surface area contributed by atoms with Gasteiger partial charge in [-0.05, 0) is 61.4 Å². The summed E-state index contributed by atoms with van der Waals surface area (Å²) in [5.74, 6) is -0.0211. The number of halogens is 1. The normalized spacial score (nSPS) is 12.0. The Morgan fingerprint density at radius 2 is 1.69 bits per heavy atom. The molecule has 7 nitrogen and oxygen atoms in total. The van der Waals surface area contributed by atoms with Crippen LogP contribution in [-0.2, 0) is 24.4 Å². The molecule has 0 fully saturated rings. The number of ether oxygens (including phenoxy) is 2. The monoisotopic (exact) mass is 627 g/mol. The minimum atomic E-state index is -0.993. The Kier molecular flexibility index (Phi) is 9.20. The lowest BCUT2D eigenvalue weighted by Gasteiger charge is -2.24. The molecular formula is C36H38FN3O4S. The predicted octanol–water partition coefficient (Wildman–Crippen LogP) is 8.42. The zero-order valence-electron chi connectivity index (χ0n) is 26.4. The molecule has 0 atom stereocenters. The summed E-state index contributed by atoms with van der Waals surface area (Å²) in [6.07, 6.45) is 3.56. The van der Waals surface area contributed by atoms with Crippen molar-refractivity contribution in [3.05, 3.63) is 102 Å². The number of carbonyl (C=O) groups is 1. The molecule has 0 bridgehead atoms.